The van der Waals surface area contributed by atoms with E-state index in [1.54, 1.807) is 36.4 Å². The zero-order valence-electron chi connectivity index (χ0n) is 16.5. The first-order chi connectivity index (χ1) is 15.0. The summed E-state index contributed by atoms with van der Waals surface area (Å²) in [6.07, 6.45) is 0. The van der Waals surface area contributed by atoms with Crippen LogP contribution in [-0.4, -0.2) is 22.2 Å². The van der Waals surface area contributed by atoms with Gasteiger partial charge in [-0.2, -0.15) is 0 Å². The minimum Gasteiger partial charge on any atom is -0.478 e. The number of aromatic carboxylic acids is 2. The number of carbonyl (C=O) groups is 2. The number of carboxylic acid groups (broad SMARTS) is 2. The monoisotopic (exact) mass is 426 g/mol. The Kier molecular flexibility index (Phi) is 5.92. The van der Waals surface area contributed by atoms with Crippen molar-refractivity contribution in [3.05, 3.63) is 114 Å². The van der Waals surface area contributed by atoms with Crippen molar-refractivity contribution in [2.45, 2.75) is 0 Å². The number of hydrogen-bond acceptors (Lipinski definition) is 2. The summed E-state index contributed by atoms with van der Waals surface area (Å²) in [5.74, 6) is -1.96. The second-order valence-electron chi connectivity index (χ2n) is 6.93. The first-order valence-electron chi connectivity index (χ1n) is 9.66. The van der Waals surface area contributed by atoms with Gasteiger partial charge in [0.15, 0.2) is 0 Å². The SMILES string of the molecule is O=C(O)c1ccc(-c2ccc(C(=O)O)cc2P(c2ccccc2)c2ccccc2)cc1. The molecular weight excluding hydrogens is 407 g/mol. The zero-order chi connectivity index (χ0) is 21.8. The van der Waals surface area contributed by atoms with Gasteiger partial charge in [-0.1, -0.05) is 78.9 Å². The smallest absolute Gasteiger partial charge is 0.335 e. The molecule has 0 aliphatic rings. The molecule has 0 saturated carbocycles. The highest BCUT2D eigenvalue weighted by Gasteiger charge is 2.22. The molecule has 2 N–H and O–H groups in total. The van der Waals surface area contributed by atoms with E-state index in [2.05, 4.69) is 24.3 Å². The molecule has 0 aliphatic heterocycles. The van der Waals surface area contributed by atoms with Crippen LogP contribution in [0.1, 0.15) is 20.7 Å². The Morgan fingerprint density at radius 1 is 0.581 bits per heavy atom. The van der Waals surface area contributed by atoms with Gasteiger partial charge in [-0.3, -0.25) is 0 Å². The van der Waals surface area contributed by atoms with Crippen LogP contribution in [0.3, 0.4) is 0 Å². The minimum atomic E-state index is -1.03. The van der Waals surface area contributed by atoms with Crippen LogP contribution in [0, 0.1) is 0 Å². The van der Waals surface area contributed by atoms with Gasteiger partial charge in [-0.05, 0) is 59.2 Å². The van der Waals surface area contributed by atoms with Gasteiger partial charge in [0.1, 0.15) is 0 Å². The van der Waals surface area contributed by atoms with E-state index in [1.165, 1.54) is 0 Å². The molecule has 152 valence electrons. The average Bonchev–Trinajstić information content (AvgIpc) is 2.81. The maximum atomic E-state index is 11.8. The summed E-state index contributed by atoms with van der Waals surface area (Å²) in [6.45, 7) is 0. The lowest BCUT2D eigenvalue weighted by Crippen LogP contribution is -2.23. The molecule has 31 heavy (non-hydrogen) atoms. The summed E-state index contributed by atoms with van der Waals surface area (Å²) in [4.78, 5) is 23.0. The minimum absolute atomic E-state index is 0.209. The average molecular weight is 426 g/mol. The van der Waals surface area contributed by atoms with E-state index in [0.717, 1.165) is 27.0 Å². The Bertz CT molecular complexity index is 1180. The van der Waals surface area contributed by atoms with E-state index >= 15 is 0 Å². The predicted octanol–water partition coefficient (Wildman–Crippen LogP) is 4.51. The lowest BCUT2D eigenvalue weighted by Gasteiger charge is -2.23. The van der Waals surface area contributed by atoms with Gasteiger partial charge in [0.25, 0.3) is 0 Å². The normalized spacial score (nSPS) is 10.7. The van der Waals surface area contributed by atoms with Crippen molar-refractivity contribution in [1.29, 1.82) is 0 Å². The molecule has 0 heterocycles. The molecule has 0 aromatic heterocycles. The second kappa shape index (κ2) is 8.95. The van der Waals surface area contributed by atoms with E-state index in [9.17, 15) is 19.8 Å². The summed E-state index contributed by atoms with van der Waals surface area (Å²) >= 11 is 0. The largest absolute Gasteiger partial charge is 0.478 e. The highest BCUT2D eigenvalue weighted by molar-refractivity contribution is 7.80. The van der Waals surface area contributed by atoms with E-state index < -0.39 is 19.9 Å². The molecule has 0 aliphatic carbocycles. The van der Waals surface area contributed by atoms with E-state index in [-0.39, 0.29) is 11.1 Å². The number of carboxylic acids is 2. The second-order valence-corrected chi connectivity index (χ2v) is 9.11. The van der Waals surface area contributed by atoms with Crippen LogP contribution in [0.15, 0.2) is 103 Å². The highest BCUT2D eigenvalue weighted by atomic mass is 31.1. The molecular formula is C26H19O4P. The van der Waals surface area contributed by atoms with Crippen LogP contribution >= 0.6 is 7.92 Å². The van der Waals surface area contributed by atoms with Gasteiger partial charge in [0.2, 0.25) is 0 Å². The van der Waals surface area contributed by atoms with Crippen LogP contribution in [-0.2, 0) is 0 Å². The van der Waals surface area contributed by atoms with Gasteiger partial charge in [-0.25, -0.2) is 9.59 Å². The molecule has 4 aromatic rings. The van der Waals surface area contributed by atoms with Gasteiger partial charge in [0.05, 0.1) is 11.1 Å². The van der Waals surface area contributed by atoms with Crippen molar-refractivity contribution in [3.8, 4) is 11.1 Å². The third-order valence-corrected chi connectivity index (χ3v) is 7.44. The number of hydrogen-bond donors (Lipinski definition) is 2. The van der Waals surface area contributed by atoms with Crippen LogP contribution in [0.5, 0.6) is 0 Å². The molecule has 4 aromatic carbocycles. The molecule has 0 unspecified atom stereocenters. The fraction of sp³-hybridized carbons (Fsp3) is 0. The lowest BCUT2D eigenvalue weighted by molar-refractivity contribution is 0.0686. The topological polar surface area (TPSA) is 74.6 Å². The molecule has 4 rings (SSSR count). The zero-order valence-corrected chi connectivity index (χ0v) is 17.4. The standard InChI is InChI=1S/C26H19O4P/c27-25(28)19-13-11-18(12-14-19)23-16-15-20(26(29)30)17-24(23)31(21-7-3-1-4-8-21)22-9-5-2-6-10-22/h1-17H,(H,27,28)(H,29,30). The first-order valence-corrected chi connectivity index (χ1v) is 11.0. The van der Waals surface area contributed by atoms with Crippen molar-refractivity contribution >= 4 is 35.8 Å². The quantitative estimate of drug-likeness (QED) is 0.445. The van der Waals surface area contributed by atoms with Crippen molar-refractivity contribution in [3.63, 3.8) is 0 Å². The van der Waals surface area contributed by atoms with Crippen LogP contribution in [0.2, 0.25) is 0 Å². The number of benzene rings is 4. The van der Waals surface area contributed by atoms with Crippen LogP contribution in [0.4, 0.5) is 0 Å². The molecule has 0 amide bonds. The summed E-state index contributed by atoms with van der Waals surface area (Å²) in [5, 5.41) is 22.0. The third-order valence-electron chi connectivity index (χ3n) is 4.96. The lowest BCUT2D eigenvalue weighted by atomic mass is 10.0. The first kappa shape index (κ1) is 20.5. The van der Waals surface area contributed by atoms with Gasteiger partial charge in [0, 0.05) is 0 Å². The van der Waals surface area contributed by atoms with Crippen molar-refractivity contribution < 1.29 is 19.8 Å². The molecule has 0 fully saturated rings. The molecule has 4 nitrogen and oxygen atoms in total. The maximum Gasteiger partial charge on any atom is 0.335 e. The Labute approximate surface area is 181 Å². The summed E-state index contributed by atoms with van der Waals surface area (Å²) in [5.41, 5.74) is 2.16. The Morgan fingerprint density at radius 3 is 1.55 bits per heavy atom. The van der Waals surface area contributed by atoms with Crippen molar-refractivity contribution in [2.75, 3.05) is 0 Å². The van der Waals surface area contributed by atoms with E-state index in [4.69, 9.17) is 0 Å². The summed E-state index contributed by atoms with van der Waals surface area (Å²) in [6, 6.07) is 31.9. The Morgan fingerprint density at radius 2 is 1.06 bits per heavy atom. The maximum absolute atomic E-state index is 11.8. The molecule has 5 heteroatoms. The molecule has 0 atom stereocenters. The summed E-state index contributed by atoms with van der Waals surface area (Å²) in [7, 11) is -1.03. The fourth-order valence-corrected chi connectivity index (χ4v) is 5.98. The van der Waals surface area contributed by atoms with Gasteiger partial charge < -0.3 is 10.2 Å². The van der Waals surface area contributed by atoms with Crippen molar-refractivity contribution in [1.82, 2.24) is 0 Å². The van der Waals surface area contributed by atoms with E-state index in [0.29, 0.717) is 0 Å². The Balaban J connectivity index is 1.96. The van der Waals surface area contributed by atoms with Crippen LogP contribution in [0.25, 0.3) is 11.1 Å². The Hall–Kier alpha value is -3.75. The molecule has 0 radical (unpaired) electrons. The third kappa shape index (κ3) is 4.40. The van der Waals surface area contributed by atoms with Gasteiger partial charge in [-0.15, -0.1) is 0 Å². The fourth-order valence-electron chi connectivity index (χ4n) is 3.47. The van der Waals surface area contributed by atoms with Crippen LogP contribution < -0.4 is 15.9 Å². The predicted molar refractivity (Wildman–Crippen MR) is 125 cm³/mol. The molecule has 0 spiro atoms. The molecule has 0 bridgehead atoms. The van der Waals surface area contributed by atoms with Crippen molar-refractivity contribution in [2.24, 2.45) is 0 Å². The highest BCUT2D eigenvalue weighted by Crippen LogP contribution is 2.37. The number of rotatable bonds is 6. The van der Waals surface area contributed by atoms with Gasteiger partial charge >= 0.3 is 11.9 Å². The van der Waals surface area contributed by atoms with E-state index in [1.807, 2.05) is 42.5 Å². The molecule has 0 saturated heterocycles. The summed E-state index contributed by atoms with van der Waals surface area (Å²) < 4.78 is 0.